The lowest BCUT2D eigenvalue weighted by Crippen LogP contribution is -2.20. The molecule has 0 bridgehead atoms. The number of pyridine rings is 1. The molecule has 0 spiro atoms. The standard InChI is InChI=1S/C14H17N3OS/c18-13(11-19-14-8-4-5-9-15-14)17-16-10-12-6-2-1-3-7-12/h1-2,4-5,8-10,12H,3,6-7,11H2,(H,17,18)/t12-/m0/s1. The van der Waals surface area contributed by atoms with E-state index in [1.54, 1.807) is 6.20 Å². The Balaban J connectivity index is 1.67. The zero-order valence-corrected chi connectivity index (χ0v) is 11.5. The minimum atomic E-state index is -0.0988. The number of hydrogen-bond acceptors (Lipinski definition) is 4. The number of thioether (sulfide) groups is 1. The van der Waals surface area contributed by atoms with Gasteiger partial charge in [-0.05, 0) is 37.3 Å². The number of rotatable bonds is 5. The predicted octanol–water partition coefficient (Wildman–Crippen LogP) is 2.63. The molecule has 0 radical (unpaired) electrons. The largest absolute Gasteiger partial charge is 0.272 e. The fourth-order valence-corrected chi connectivity index (χ4v) is 2.43. The Hall–Kier alpha value is -1.62. The summed E-state index contributed by atoms with van der Waals surface area (Å²) < 4.78 is 0. The summed E-state index contributed by atoms with van der Waals surface area (Å²) >= 11 is 1.41. The van der Waals surface area contributed by atoms with Gasteiger partial charge in [0, 0.05) is 12.4 Å². The number of nitrogens with one attached hydrogen (secondary N) is 1. The van der Waals surface area contributed by atoms with Crippen molar-refractivity contribution in [3.8, 4) is 0 Å². The average Bonchev–Trinajstić information content (AvgIpc) is 2.47. The zero-order chi connectivity index (χ0) is 13.3. The second kappa shape index (κ2) is 7.74. The van der Waals surface area contributed by atoms with Gasteiger partial charge in [0.05, 0.1) is 10.8 Å². The smallest absolute Gasteiger partial charge is 0.250 e. The van der Waals surface area contributed by atoms with Crippen molar-refractivity contribution in [1.29, 1.82) is 0 Å². The van der Waals surface area contributed by atoms with Crippen molar-refractivity contribution in [2.24, 2.45) is 11.0 Å². The van der Waals surface area contributed by atoms with E-state index in [2.05, 4.69) is 27.7 Å². The number of nitrogens with zero attached hydrogens (tertiary/aromatic N) is 2. The maximum Gasteiger partial charge on any atom is 0.250 e. The Morgan fingerprint density at radius 3 is 3.21 bits per heavy atom. The van der Waals surface area contributed by atoms with Crippen molar-refractivity contribution >= 4 is 23.9 Å². The lowest BCUT2D eigenvalue weighted by molar-refractivity contribution is -0.118. The van der Waals surface area contributed by atoms with Gasteiger partial charge in [0.25, 0.3) is 0 Å². The molecule has 0 saturated carbocycles. The van der Waals surface area contributed by atoms with Gasteiger partial charge in [-0.1, -0.05) is 30.0 Å². The molecule has 0 fully saturated rings. The van der Waals surface area contributed by atoms with Crippen LogP contribution < -0.4 is 5.43 Å². The second-order valence-electron chi connectivity index (χ2n) is 4.31. The third-order valence-corrected chi connectivity index (χ3v) is 3.72. The molecule has 1 aliphatic rings. The highest BCUT2D eigenvalue weighted by molar-refractivity contribution is 7.99. The first-order valence-electron chi connectivity index (χ1n) is 6.35. The number of aromatic nitrogens is 1. The van der Waals surface area contributed by atoms with Gasteiger partial charge >= 0.3 is 0 Å². The third-order valence-electron chi connectivity index (χ3n) is 2.77. The van der Waals surface area contributed by atoms with Crippen molar-refractivity contribution < 1.29 is 4.79 Å². The van der Waals surface area contributed by atoms with Gasteiger partial charge in [0.1, 0.15) is 0 Å². The van der Waals surface area contributed by atoms with E-state index >= 15 is 0 Å². The first-order valence-corrected chi connectivity index (χ1v) is 7.34. The SMILES string of the molecule is O=C(CSc1ccccn1)NN=C[C@H]1CC=CCC1. The fraction of sp³-hybridized carbons (Fsp3) is 0.357. The molecule has 2 rings (SSSR count). The first-order chi connectivity index (χ1) is 9.34. The number of carbonyl (C=O) groups excluding carboxylic acids is 1. The van der Waals surface area contributed by atoms with Crippen LogP contribution in [0.3, 0.4) is 0 Å². The van der Waals surface area contributed by atoms with Crippen molar-refractivity contribution in [3.63, 3.8) is 0 Å². The number of amides is 1. The van der Waals surface area contributed by atoms with Gasteiger partial charge < -0.3 is 0 Å². The van der Waals surface area contributed by atoms with E-state index in [4.69, 9.17) is 0 Å². The number of hydrogen-bond donors (Lipinski definition) is 1. The van der Waals surface area contributed by atoms with Crippen LogP contribution in [0, 0.1) is 5.92 Å². The molecule has 1 amide bonds. The van der Waals surface area contributed by atoms with Gasteiger partial charge in [-0.25, -0.2) is 10.4 Å². The van der Waals surface area contributed by atoms with Gasteiger partial charge in [-0.3, -0.25) is 4.79 Å². The number of allylic oxidation sites excluding steroid dienone is 2. The summed E-state index contributed by atoms with van der Waals surface area (Å²) in [5, 5.41) is 4.86. The second-order valence-corrected chi connectivity index (χ2v) is 5.31. The van der Waals surface area contributed by atoms with Crippen LogP contribution in [0.5, 0.6) is 0 Å². The van der Waals surface area contributed by atoms with Gasteiger partial charge in [0.2, 0.25) is 5.91 Å². The van der Waals surface area contributed by atoms with Crippen LogP contribution in [0.25, 0.3) is 0 Å². The fourth-order valence-electron chi connectivity index (χ4n) is 1.77. The number of carbonyl (C=O) groups is 1. The highest BCUT2D eigenvalue weighted by Crippen LogP contribution is 2.15. The van der Waals surface area contributed by atoms with Crippen molar-refractivity contribution in [2.75, 3.05) is 5.75 Å². The van der Waals surface area contributed by atoms with Gasteiger partial charge in [-0.15, -0.1) is 0 Å². The van der Waals surface area contributed by atoms with Crippen molar-refractivity contribution in [1.82, 2.24) is 10.4 Å². The Bertz CT molecular complexity index is 459. The summed E-state index contributed by atoms with van der Waals surface area (Å²) in [7, 11) is 0. The Labute approximate surface area is 117 Å². The molecule has 5 heteroatoms. The molecule has 4 nitrogen and oxygen atoms in total. The van der Waals surface area contributed by atoms with E-state index in [1.165, 1.54) is 11.8 Å². The van der Waals surface area contributed by atoms with Crippen LogP contribution in [0.4, 0.5) is 0 Å². The Morgan fingerprint density at radius 2 is 2.47 bits per heavy atom. The van der Waals surface area contributed by atoms with E-state index in [1.807, 2.05) is 24.4 Å². The van der Waals surface area contributed by atoms with E-state index in [0.717, 1.165) is 24.3 Å². The summed E-state index contributed by atoms with van der Waals surface area (Å²) in [5.41, 5.74) is 2.56. The summed E-state index contributed by atoms with van der Waals surface area (Å²) in [4.78, 5) is 15.7. The van der Waals surface area contributed by atoms with E-state index in [9.17, 15) is 4.79 Å². The zero-order valence-electron chi connectivity index (χ0n) is 10.7. The molecule has 100 valence electrons. The lowest BCUT2D eigenvalue weighted by atomic mass is 9.96. The van der Waals surface area contributed by atoms with Gasteiger partial charge in [-0.2, -0.15) is 5.10 Å². The lowest BCUT2D eigenvalue weighted by Gasteiger charge is -2.11. The normalized spacial score (nSPS) is 18.6. The predicted molar refractivity (Wildman–Crippen MR) is 78.1 cm³/mol. The molecule has 0 aliphatic heterocycles. The molecular formula is C14H17N3OS. The monoisotopic (exact) mass is 275 g/mol. The van der Waals surface area contributed by atoms with E-state index < -0.39 is 0 Å². The maximum atomic E-state index is 11.6. The van der Waals surface area contributed by atoms with Crippen LogP contribution in [0.15, 0.2) is 46.7 Å². The van der Waals surface area contributed by atoms with Crippen LogP contribution >= 0.6 is 11.8 Å². The molecule has 19 heavy (non-hydrogen) atoms. The molecule has 0 unspecified atom stereocenters. The van der Waals surface area contributed by atoms with Crippen molar-refractivity contribution in [2.45, 2.75) is 24.3 Å². The molecule has 1 N–H and O–H groups in total. The highest BCUT2D eigenvalue weighted by atomic mass is 32.2. The van der Waals surface area contributed by atoms with Gasteiger partial charge in [0.15, 0.2) is 0 Å². The minimum absolute atomic E-state index is 0.0988. The van der Waals surface area contributed by atoms with E-state index in [-0.39, 0.29) is 5.91 Å². The maximum absolute atomic E-state index is 11.6. The molecule has 1 aromatic rings. The summed E-state index contributed by atoms with van der Waals surface area (Å²) in [6.07, 6.45) is 11.1. The van der Waals surface area contributed by atoms with E-state index in [0.29, 0.717) is 11.7 Å². The Morgan fingerprint density at radius 1 is 1.53 bits per heavy atom. The summed E-state index contributed by atoms with van der Waals surface area (Å²) in [6.45, 7) is 0. The van der Waals surface area contributed by atoms with Crippen LogP contribution in [-0.4, -0.2) is 22.9 Å². The number of hydrazone groups is 1. The molecule has 1 atom stereocenters. The van der Waals surface area contributed by atoms with Crippen LogP contribution in [0.1, 0.15) is 19.3 Å². The topological polar surface area (TPSA) is 54.4 Å². The first kappa shape index (κ1) is 13.8. The summed E-state index contributed by atoms with van der Waals surface area (Å²) in [5.74, 6) is 0.686. The quantitative estimate of drug-likeness (QED) is 0.389. The highest BCUT2D eigenvalue weighted by Gasteiger charge is 2.07. The van der Waals surface area contributed by atoms with Crippen LogP contribution in [-0.2, 0) is 4.79 Å². The van der Waals surface area contributed by atoms with Crippen molar-refractivity contribution in [3.05, 3.63) is 36.5 Å². The molecule has 1 aromatic heterocycles. The van der Waals surface area contributed by atoms with Crippen LogP contribution in [0.2, 0.25) is 0 Å². The molecule has 1 aliphatic carbocycles. The average molecular weight is 275 g/mol. The molecule has 1 heterocycles. The molecule has 0 aromatic carbocycles. The molecule has 0 saturated heterocycles. The third kappa shape index (κ3) is 5.26. The summed E-state index contributed by atoms with van der Waals surface area (Å²) in [6, 6.07) is 5.64. The minimum Gasteiger partial charge on any atom is -0.272 e. The molecular weight excluding hydrogens is 258 g/mol. The Kier molecular flexibility index (Phi) is 5.62.